The minimum Gasteiger partial charge on any atom is -0.408 e. The molecule has 0 saturated heterocycles. The van der Waals surface area contributed by atoms with Crippen LogP contribution in [-0.4, -0.2) is 4.57 Å². The minimum atomic E-state index is -0.301. The van der Waals surface area contributed by atoms with E-state index < -0.39 is 0 Å². The maximum atomic E-state index is 11.6. The van der Waals surface area contributed by atoms with Crippen molar-refractivity contribution in [3.8, 4) is 0 Å². The number of hydrogen-bond donors (Lipinski definition) is 1. The zero-order chi connectivity index (χ0) is 14.0. The molecule has 19 heavy (non-hydrogen) atoms. The highest BCUT2D eigenvalue weighted by Crippen LogP contribution is 2.24. The topological polar surface area (TPSA) is 61.2 Å². The van der Waals surface area contributed by atoms with Crippen LogP contribution < -0.4 is 11.5 Å². The summed E-state index contributed by atoms with van der Waals surface area (Å²) in [4.78, 5) is 11.6. The Bertz CT molecular complexity index is 612. The Morgan fingerprint density at radius 2 is 2.11 bits per heavy atom. The second kappa shape index (κ2) is 5.61. The first-order chi connectivity index (χ1) is 9.06. The first-order valence-corrected chi connectivity index (χ1v) is 6.95. The van der Waals surface area contributed by atoms with Gasteiger partial charge in [-0.2, -0.15) is 0 Å². The predicted octanol–water partition coefficient (Wildman–Crippen LogP) is 3.05. The summed E-state index contributed by atoms with van der Waals surface area (Å²) in [5.74, 6) is 0.295. The highest BCUT2D eigenvalue weighted by Gasteiger charge is 2.13. The van der Waals surface area contributed by atoms with Gasteiger partial charge in [0, 0.05) is 12.6 Å². The number of benzene rings is 1. The highest BCUT2D eigenvalue weighted by atomic mass is 16.4. The monoisotopic (exact) mass is 262 g/mol. The molecular weight excluding hydrogens is 240 g/mol. The van der Waals surface area contributed by atoms with E-state index in [0.29, 0.717) is 18.0 Å². The van der Waals surface area contributed by atoms with Crippen molar-refractivity contribution < 1.29 is 4.42 Å². The van der Waals surface area contributed by atoms with E-state index in [1.165, 1.54) is 0 Å². The van der Waals surface area contributed by atoms with Crippen LogP contribution in [0, 0.1) is 5.92 Å². The van der Waals surface area contributed by atoms with E-state index in [0.717, 1.165) is 23.9 Å². The number of aryl methyl sites for hydroxylation is 1. The van der Waals surface area contributed by atoms with Gasteiger partial charge in [-0.25, -0.2) is 4.79 Å². The molecule has 4 heteroatoms. The Balaban J connectivity index is 2.34. The van der Waals surface area contributed by atoms with Crippen LogP contribution in [0.15, 0.2) is 27.4 Å². The third-order valence-corrected chi connectivity index (χ3v) is 3.79. The minimum absolute atomic E-state index is 0.00497. The van der Waals surface area contributed by atoms with Crippen molar-refractivity contribution in [2.24, 2.45) is 11.7 Å². The summed E-state index contributed by atoms with van der Waals surface area (Å²) < 4.78 is 6.89. The molecule has 0 spiro atoms. The zero-order valence-corrected chi connectivity index (χ0v) is 11.8. The summed E-state index contributed by atoms with van der Waals surface area (Å²) >= 11 is 0. The molecule has 1 aromatic heterocycles. The second-order valence-electron chi connectivity index (χ2n) is 5.20. The lowest BCUT2D eigenvalue weighted by Gasteiger charge is -2.16. The molecule has 0 amide bonds. The van der Waals surface area contributed by atoms with E-state index in [4.69, 9.17) is 10.2 Å². The first kappa shape index (κ1) is 13.9. The fourth-order valence-electron chi connectivity index (χ4n) is 2.35. The smallest absolute Gasteiger partial charge is 0.408 e. The van der Waals surface area contributed by atoms with E-state index >= 15 is 0 Å². The average Bonchev–Trinajstić information content (AvgIpc) is 2.72. The van der Waals surface area contributed by atoms with Crippen molar-refractivity contribution in [2.45, 2.75) is 46.2 Å². The quantitative estimate of drug-likeness (QED) is 0.900. The van der Waals surface area contributed by atoms with Crippen LogP contribution >= 0.6 is 0 Å². The van der Waals surface area contributed by atoms with Crippen molar-refractivity contribution >= 4 is 11.1 Å². The summed E-state index contributed by atoms with van der Waals surface area (Å²) in [6, 6.07) is 5.82. The largest absolute Gasteiger partial charge is 0.419 e. The molecule has 0 saturated carbocycles. The molecular formula is C15H22N2O2. The Kier molecular flexibility index (Phi) is 4.10. The van der Waals surface area contributed by atoms with Gasteiger partial charge in [0.15, 0.2) is 5.58 Å². The average molecular weight is 262 g/mol. The zero-order valence-electron chi connectivity index (χ0n) is 11.8. The molecule has 104 valence electrons. The van der Waals surface area contributed by atoms with Crippen LogP contribution in [0.25, 0.3) is 11.1 Å². The lowest BCUT2D eigenvalue weighted by Crippen LogP contribution is -2.14. The van der Waals surface area contributed by atoms with Gasteiger partial charge >= 0.3 is 5.76 Å². The van der Waals surface area contributed by atoms with Gasteiger partial charge < -0.3 is 10.2 Å². The fourth-order valence-corrected chi connectivity index (χ4v) is 2.35. The van der Waals surface area contributed by atoms with Crippen LogP contribution in [0.5, 0.6) is 0 Å². The van der Waals surface area contributed by atoms with E-state index in [9.17, 15) is 4.79 Å². The van der Waals surface area contributed by atoms with E-state index in [-0.39, 0.29) is 11.8 Å². The van der Waals surface area contributed by atoms with E-state index in [1.807, 2.05) is 25.1 Å². The maximum Gasteiger partial charge on any atom is 0.419 e. The third kappa shape index (κ3) is 2.73. The number of nitrogens with two attached hydrogens (primary N) is 1. The molecule has 0 aliphatic heterocycles. The maximum absolute atomic E-state index is 11.6. The summed E-state index contributed by atoms with van der Waals surface area (Å²) in [6.45, 7) is 6.91. The van der Waals surface area contributed by atoms with Crippen molar-refractivity contribution in [1.29, 1.82) is 0 Å². The Morgan fingerprint density at radius 1 is 1.37 bits per heavy atom. The Morgan fingerprint density at radius 3 is 2.74 bits per heavy atom. The van der Waals surface area contributed by atoms with Gasteiger partial charge in [0.05, 0.1) is 5.52 Å². The van der Waals surface area contributed by atoms with Crippen molar-refractivity contribution in [2.75, 3.05) is 0 Å². The molecule has 2 aromatic rings. The lowest BCUT2D eigenvalue weighted by atomic mass is 9.95. The summed E-state index contributed by atoms with van der Waals surface area (Å²) in [5, 5.41) is 0. The molecule has 1 heterocycles. The number of rotatable bonds is 5. The molecule has 0 radical (unpaired) electrons. The van der Waals surface area contributed by atoms with Gasteiger partial charge in [0.25, 0.3) is 0 Å². The number of oxazole rings is 1. The van der Waals surface area contributed by atoms with Crippen molar-refractivity contribution in [1.82, 2.24) is 4.57 Å². The second-order valence-corrected chi connectivity index (χ2v) is 5.20. The molecule has 0 fully saturated rings. The summed E-state index contributed by atoms with van der Waals surface area (Å²) in [5.41, 5.74) is 8.71. The van der Waals surface area contributed by atoms with Crippen LogP contribution in [0.1, 0.15) is 45.2 Å². The number of fused-ring (bicyclic) bond motifs is 1. The van der Waals surface area contributed by atoms with Crippen molar-refractivity contribution in [3.05, 3.63) is 34.3 Å². The van der Waals surface area contributed by atoms with Gasteiger partial charge in [-0.1, -0.05) is 26.3 Å². The molecule has 2 atom stereocenters. The van der Waals surface area contributed by atoms with Crippen molar-refractivity contribution in [3.63, 3.8) is 0 Å². The lowest BCUT2D eigenvalue weighted by molar-refractivity contribution is 0.461. The first-order valence-electron chi connectivity index (χ1n) is 6.95. The summed E-state index contributed by atoms with van der Waals surface area (Å²) in [7, 11) is 0. The SMILES string of the molecule is CCC(C)CC(N)c1ccc2c(c1)oc(=O)n2CC. The molecule has 2 unspecified atom stereocenters. The third-order valence-electron chi connectivity index (χ3n) is 3.79. The molecule has 4 nitrogen and oxygen atoms in total. The molecule has 1 aromatic carbocycles. The number of aromatic nitrogens is 1. The van der Waals surface area contributed by atoms with Gasteiger partial charge in [-0.05, 0) is 37.0 Å². The van der Waals surface area contributed by atoms with Crippen LogP contribution in [0.2, 0.25) is 0 Å². The van der Waals surface area contributed by atoms with E-state index in [2.05, 4.69) is 13.8 Å². The van der Waals surface area contributed by atoms with Crippen LogP contribution in [0.4, 0.5) is 0 Å². The highest BCUT2D eigenvalue weighted by molar-refractivity contribution is 5.73. The number of hydrogen-bond acceptors (Lipinski definition) is 3. The molecule has 2 rings (SSSR count). The molecule has 0 aliphatic carbocycles. The standard InChI is InChI=1S/C15H22N2O2/c1-4-10(3)8-12(16)11-6-7-13-14(9-11)19-15(18)17(13)5-2/h6-7,9-10,12H,4-5,8,16H2,1-3H3. The van der Waals surface area contributed by atoms with Gasteiger partial charge in [-0.3, -0.25) is 4.57 Å². The van der Waals surface area contributed by atoms with Crippen LogP contribution in [-0.2, 0) is 6.54 Å². The summed E-state index contributed by atoms with van der Waals surface area (Å²) in [6.07, 6.45) is 2.07. The van der Waals surface area contributed by atoms with Gasteiger partial charge in [0.1, 0.15) is 0 Å². The molecule has 0 bridgehead atoms. The predicted molar refractivity (Wildman–Crippen MR) is 77.1 cm³/mol. The normalized spacial score (nSPS) is 14.7. The van der Waals surface area contributed by atoms with E-state index in [1.54, 1.807) is 4.57 Å². The Hall–Kier alpha value is -1.55. The fraction of sp³-hybridized carbons (Fsp3) is 0.533. The van der Waals surface area contributed by atoms with Gasteiger partial charge in [-0.15, -0.1) is 0 Å². The molecule has 2 N–H and O–H groups in total. The molecule has 0 aliphatic rings. The Labute approximate surface area is 113 Å². The van der Waals surface area contributed by atoms with Crippen LogP contribution in [0.3, 0.4) is 0 Å². The number of nitrogens with zero attached hydrogens (tertiary/aromatic N) is 1. The van der Waals surface area contributed by atoms with Gasteiger partial charge in [0.2, 0.25) is 0 Å².